The molecule has 0 spiro atoms. The quantitative estimate of drug-likeness (QED) is 0.671. The Bertz CT molecular complexity index is 189. The molecule has 2 rings (SSSR count). The van der Waals surface area contributed by atoms with Gasteiger partial charge in [-0.3, -0.25) is 0 Å². The summed E-state index contributed by atoms with van der Waals surface area (Å²) in [6, 6.07) is 0.760. The molecule has 0 aliphatic carbocycles. The molecule has 3 unspecified atom stereocenters. The zero-order chi connectivity index (χ0) is 9.47. The third kappa shape index (κ3) is 1.50. The van der Waals surface area contributed by atoms with E-state index in [1.54, 1.807) is 0 Å². The first kappa shape index (κ1) is 9.47. The molecule has 13 heavy (non-hydrogen) atoms. The summed E-state index contributed by atoms with van der Waals surface area (Å²) in [5.74, 6) is 1.76. The molecule has 2 aliphatic heterocycles. The molecule has 0 bridgehead atoms. The van der Waals surface area contributed by atoms with Crippen molar-refractivity contribution in [3.05, 3.63) is 0 Å². The van der Waals surface area contributed by atoms with Crippen molar-refractivity contribution in [2.45, 2.75) is 33.2 Å². The highest BCUT2D eigenvalue weighted by atomic mass is 15.1. The van der Waals surface area contributed by atoms with Crippen LogP contribution in [0, 0.1) is 17.3 Å². The van der Waals surface area contributed by atoms with Crippen LogP contribution >= 0.6 is 0 Å². The summed E-state index contributed by atoms with van der Waals surface area (Å²) < 4.78 is 0. The van der Waals surface area contributed by atoms with E-state index in [-0.39, 0.29) is 0 Å². The first-order valence-electron chi connectivity index (χ1n) is 5.59. The summed E-state index contributed by atoms with van der Waals surface area (Å²) in [7, 11) is 0. The summed E-state index contributed by atoms with van der Waals surface area (Å²) in [4.78, 5) is 0. The molecule has 0 amide bonds. The molecule has 76 valence electrons. The van der Waals surface area contributed by atoms with Gasteiger partial charge < -0.3 is 10.6 Å². The zero-order valence-corrected chi connectivity index (χ0v) is 9.06. The number of hydrogen-bond acceptors (Lipinski definition) is 2. The summed E-state index contributed by atoms with van der Waals surface area (Å²) in [5, 5.41) is 7.13. The number of fused-ring (bicyclic) bond motifs is 1. The van der Waals surface area contributed by atoms with Crippen LogP contribution in [0.15, 0.2) is 0 Å². The minimum Gasteiger partial charge on any atom is -0.315 e. The Morgan fingerprint density at radius 2 is 2.00 bits per heavy atom. The van der Waals surface area contributed by atoms with Crippen molar-refractivity contribution in [2.24, 2.45) is 17.3 Å². The third-order valence-electron chi connectivity index (χ3n) is 4.29. The van der Waals surface area contributed by atoms with E-state index in [1.807, 2.05) is 0 Å². The highest BCUT2D eigenvalue weighted by molar-refractivity contribution is 5.01. The highest BCUT2D eigenvalue weighted by Crippen LogP contribution is 2.40. The fourth-order valence-electron chi connectivity index (χ4n) is 2.89. The van der Waals surface area contributed by atoms with Gasteiger partial charge in [-0.25, -0.2) is 0 Å². The van der Waals surface area contributed by atoms with E-state index in [0.717, 1.165) is 17.9 Å². The fraction of sp³-hybridized carbons (Fsp3) is 1.00. The Hall–Kier alpha value is -0.0800. The molecule has 2 fully saturated rings. The summed E-state index contributed by atoms with van der Waals surface area (Å²) in [6.07, 6.45) is 1.29. The van der Waals surface area contributed by atoms with Crippen LogP contribution in [0.4, 0.5) is 0 Å². The minimum absolute atomic E-state index is 0.512. The normalized spacial score (nSPS) is 39.5. The summed E-state index contributed by atoms with van der Waals surface area (Å²) in [5.41, 5.74) is 0.512. The maximum absolute atomic E-state index is 3.65. The van der Waals surface area contributed by atoms with Crippen LogP contribution < -0.4 is 10.6 Å². The van der Waals surface area contributed by atoms with Gasteiger partial charge in [0.2, 0.25) is 0 Å². The number of hydrogen-bond donors (Lipinski definition) is 2. The first-order valence-corrected chi connectivity index (χ1v) is 5.59. The van der Waals surface area contributed by atoms with E-state index >= 15 is 0 Å². The second-order valence-corrected chi connectivity index (χ2v) is 5.29. The SMILES string of the molecule is CCC(C)(C)C1CNC2CNCC21. The van der Waals surface area contributed by atoms with Gasteiger partial charge in [0.15, 0.2) is 0 Å². The summed E-state index contributed by atoms with van der Waals surface area (Å²) in [6.45, 7) is 10.8. The standard InChI is InChI=1S/C11H22N2/c1-4-11(2,3)9-6-13-10-7-12-5-8(9)10/h8-10,12-13H,4-7H2,1-3H3. The Kier molecular flexibility index (Phi) is 2.37. The van der Waals surface area contributed by atoms with Crippen LogP contribution in [0.2, 0.25) is 0 Å². The number of rotatable bonds is 2. The molecule has 2 saturated heterocycles. The molecule has 0 aromatic carbocycles. The van der Waals surface area contributed by atoms with Gasteiger partial charge in [0, 0.05) is 12.6 Å². The van der Waals surface area contributed by atoms with Crippen LogP contribution in [-0.2, 0) is 0 Å². The van der Waals surface area contributed by atoms with Crippen molar-refractivity contribution in [2.75, 3.05) is 19.6 Å². The molecule has 3 atom stereocenters. The van der Waals surface area contributed by atoms with Gasteiger partial charge in [0.1, 0.15) is 0 Å². The van der Waals surface area contributed by atoms with E-state index in [4.69, 9.17) is 0 Å². The van der Waals surface area contributed by atoms with E-state index in [2.05, 4.69) is 31.4 Å². The van der Waals surface area contributed by atoms with Crippen LogP contribution in [-0.4, -0.2) is 25.7 Å². The van der Waals surface area contributed by atoms with Gasteiger partial charge in [-0.2, -0.15) is 0 Å². The van der Waals surface area contributed by atoms with Crippen molar-refractivity contribution < 1.29 is 0 Å². The van der Waals surface area contributed by atoms with E-state index in [0.29, 0.717) is 5.41 Å². The van der Waals surface area contributed by atoms with Crippen molar-refractivity contribution in [3.8, 4) is 0 Å². The molecule has 2 N–H and O–H groups in total. The maximum Gasteiger partial charge on any atom is 0.0236 e. The second kappa shape index (κ2) is 3.25. The third-order valence-corrected chi connectivity index (χ3v) is 4.29. The average molecular weight is 182 g/mol. The van der Waals surface area contributed by atoms with Gasteiger partial charge in [0.05, 0.1) is 0 Å². The predicted molar refractivity (Wildman–Crippen MR) is 55.7 cm³/mol. The molecule has 0 aromatic heterocycles. The second-order valence-electron chi connectivity index (χ2n) is 5.29. The molecule has 2 heteroatoms. The van der Waals surface area contributed by atoms with E-state index in [1.165, 1.54) is 26.1 Å². The Morgan fingerprint density at radius 3 is 2.69 bits per heavy atom. The van der Waals surface area contributed by atoms with Gasteiger partial charge in [0.25, 0.3) is 0 Å². The molecule has 0 radical (unpaired) electrons. The van der Waals surface area contributed by atoms with Crippen molar-refractivity contribution in [3.63, 3.8) is 0 Å². The molecule has 0 aromatic rings. The lowest BCUT2D eigenvalue weighted by Gasteiger charge is -2.33. The number of nitrogens with one attached hydrogen (secondary N) is 2. The van der Waals surface area contributed by atoms with Crippen molar-refractivity contribution in [1.82, 2.24) is 10.6 Å². The van der Waals surface area contributed by atoms with Crippen LogP contribution in [0.5, 0.6) is 0 Å². The molecule has 2 heterocycles. The molecule has 2 aliphatic rings. The monoisotopic (exact) mass is 182 g/mol. The fourth-order valence-corrected chi connectivity index (χ4v) is 2.89. The Morgan fingerprint density at radius 1 is 1.23 bits per heavy atom. The topological polar surface area (TPSA) is 24.1 Å². The van der Waals surface area contributed by atoms with Crippen molar-refractivity contribution >= 4 is 0 Å². The lowest BCUT2D eigenvalue weighted by Crippen LogP contribution is -2.32. The molecule has 2 nitrogen and oxygen atoms in total. The molecular weight excluding hydrogens is 160 g/mol. The van der Waals surface area contributed by atoms with Gasteiger partial charge in [-0.05, 0) is 30.3 Å². The van der Waals surface area contributed by atoms with Gasteiger partial charge in [-0.15, -0.1) is 0 Å². The van der Waals surface area contributed by atoms with Crippen LogP contribution in [0.25, 0.3) is 0 Å². The smallest absolute Gasteiger partial charge is 0.0236 e. The van der Waals surface area contributed by atoms with Gasteiger partial charge in [-0.1, -0.05) is 27.2 Å². The Balaban J connectivity index is 2.08. The van der Waals surface area contributed by atoms with Crippen LogP contribution in [0.3, 0.4) is 0 Å². The van der Waals surface area contributed by atoms with E-state index < -0.39 is 0 Å². The highest BCUT2D eigenvalue weighted by Gasteiger charge is 2.44. The lowest BCUT2D eigenvalue weighted by atomic mass is 9.71. The minimum atomic E-state index is 0.512. The average Bonchev–Trinajstić information content (AvgIpc) is 2.62. The van der Waals surface area contributed by atoms with Gasteiger partial charge >= 0.3 is 0 Å². The summed E-state index contributed by atoms with van der Waals surface area (Å²) >= 11 is 0. The molecule has 0 saturated carbocycles. The van der Waals surface area contributed by atoms with Crippen LogP contribution in [0.1, 0.15) is 27.2 Å². The predicted octanol–water partition coefficient (Wildman–Crippen LogP) is 1.23. The first-order chi connectivity index (χ1) is 6.15. The largest absolute Gasteiger partial charge is 0.315 e. The lowest BCUT2D eigenvalue weighted by molar-refractivity contribution is 0.174. The maximum atomic E-state index is 3.65. The molecular formula is C11H22N2. The van der Waals surface area contributed by atoms with E-state index in [9.17, 15) is 0 Å². The Labute approximate surface area is 81.5 Å². The van der Waals surface area contributed by atoms with Crippen molar-refractivity contribution in [1.29, 1.82) is 0 Å². The zero-order valence-electron chi connectivity index (χ0n) is 9.06.